The van der Waals surface area contributed by atoms with Gasteiger partial charge in [-0.15, -0.1) is 0 Å². The number of hydrogen-bond donors (Lipinski definition) is 0. The molecule has 1 aliphatic rings. The van der Waals surface area contributed by atoms with Crippen LogP contribution in [0.1, 0.15) is 38.5 Å². The van der Waals surface area contributed by atoms with Gasteiger partial charge in [-0.05, 0) is 72.5 Å². The van der Waals surface area contributed by atoms with Gasteiger partial charge in [0, 0.05) is 42.2 Å². The molecule has 2 bridgehead atoms. The third-order valence-corrected chi connectivity index (χ3v) is 7.27. The van der Waals surface area contributed by atoms with Gasteiger partial charge in [0.05, 0.1) is 24.4 Å². The van der Waals surface area contributed by atoms with Crippen molar-refractivity contribution < 1.29 is 18.8 Å². The van der Waals surface area contributed by atoms with E-state index < -0.39 is 0 Å². The lowest BCUT2D eigenvalue weighted by atomic mass is 9.96. The van der Waals surface area contributed by atoms with E-state index in [2.05, 4.69) is 46.5 Å². The van der Waals surface area contributed by atoms with E-state index in [9.17, 15) is 4.79 Å². The zero-order chi connectivity index (χ0) is 27.5. The maximum Gasteiger partial charge on any atom is 0.254 e. The zero-order valence-electron chi connectivity index (χ0n) is 22.7. The van der Waals surface area contributed by atoms with E-state index in [1.54, 1.807) is 6.20 Å². The second-order valence-electron chi connectivity index (χ2n) is 10.1. The highest BCUT2D eigenvalue weighted by Crippen LogP contribution is 2.32. The first-order chi connectivity index (χ1) is 19.5. The van der Waals surface area contributed by atoms with E-state index in [-0.39, 0.29) is 5.91 Å². The Balaban J connectivity index is 1.31. The number of aryl methyl sites for hydroxylation is 2. The van der Waals surface area contributed by atoms with Gasteiger partial charge >= 0.3 is 0 Å². The normalized spacial score (nSPS) is 14.3. The van der Waals surface area contributed by atoms with Gasteiger partial charge in [-0.2, -0.15) is 0 Å². The Kier molecular flexibility index (Phi) is 7.29. The molecule has 0 saturated heterocycles. The zero-order valence-corrected chi connectivity index (χ0v) is 22.7. The van der Waals surface area contributed by atoms with Crippen molar-refractivity contribution in [2.24, 2.45) is 0 Å². The summed E-state index contributed by atoms with van der Waals surface area (Å²) >= 11 is 0. The molecule has 0 saturated carbocycles. The summed E-state index contributed by atoms with van der Waals surface area (Å²) in [6.07, 6.45) is 2.45. The van der Waals surface area contributed by atoms with Gasteiger partial charge in [-0.3, -0.25) is 9.78 Å². The Bertz CT molecular complexity index is 1660. The van der Waals surface area contributed by atoms with Crippen LogP contribution in [0.4, 0.5) is 0 Å². The fourth-order valence-electron chi connectivity index (χ4n) is 5.32. The maximum atomic E-state index is 13.7. The minimum atomic E-state index is -0.0300. The Morgan fingerprint density at radius 3 is 2.67 bits per heavy atom. The molecule has 0 aliphatic carbocycles. The summed E-state index contributed by atoms with van der Waals surface area (Å²) in [6.45, 7) is 6.12. The molecule has 5 aromatic rings. The molecule has 0 N–H and O–H groups in total. The van der Waals surface area contributed by atoms with E-state index in [4.69, 9.17) is 14.0 Å². The SMILES string of the molecule is Cc1noc(C)c1-c1ccc2c(c1)Cc1cccc(c1)CN(C(=O)c1ccc3ncccc3c1)CCOCCO2. The van der Waals surface area contributed by atoms with Crippen LogP contribution in [0, 0.1) is 13.8 Å². The molecule has 7 nitrogen and oxygen atoms in total. The molecule has 1 aliphatic heterocycles. The van der Waals surface area contributed by atoms with Crippen molar-refractivity contribution >= 4 is 16.8 Å². The van der Waals surface area contributed by atoms with Crippen LogP contribution >= 0.6 is 0 Å². The highest BCUT2D eigenvalue weighted by Gasteiger charge is 2.19. The summed E-state index contributed by atoms with van der Waals surface area (Å²) in [6, 6.07) is 24.2. The van der Waals surface area contributed by atoms with E-state index in [0.717, 1.165) is 55.9 Å². The summed E-state index contributed by atoms with van der Waals surface area (Å²) in [5.41, 5.74) is 7.72. The number of ether oxygens (including phenoxy) is 2. The lowest BCUT2D eigenvalue weighted by Gasteiger charge is -2.24. The lowest BCUT2D eigenvalue weighted by molar-refractivity contribution is 0.0571. The molecular formula is C33H31N3O4. The number of carbonyl (C=O) groups excluding carboxylic acids is 1. The highest BCUT2D eigenvalue weighted by molar-refractivity contribution is 5.98. The van der Waals surface area contributed by atoms with Crippen LogP contribution in [0.2, 0.25) is 0 Å². The van der Waals surface area contributed by atoms with Crippen molar-refractivity contribution in [3.63, 3.8) is 0 Å². The Labute approximate surface area is 233 Å². The van der Waals surface area contributed by atoms with Gasteiger partial charge in [-0.25, -0.2) is 0 Å². The fourth-order valence-corrected chi connectivity index (χ4v) is 5.32. The van der Waals surface area contributed by atoms with Crippen molar-refractivity contribution in [2.45, 2.75) is 26.8 Å². The topological polar surface area (TPSA) is 77.7 Å². The van der Waals surface area contributed by atoms with Gasteiger partial charge in [0.2, 0.25) is 0 Å². The second kappa shape index (κ2) is 11.3. The third-order valence-electron chi connectivity index (χ3n) is 7.27. The van der Waals surface area contributed by atoms with Crippen molar-refractivity contribution in [2.75, 3.05) is 26.4 Å². The maximum absolute atomic E-state index is 13.7. The molecule has 0 unspecified atom stereocenters. The summed E-state index contributed by atoms with van der Waals surface area (Å²) in [5, 5.41) is 5.07. The number of benzene rings is 3. The first-order valence-electron chi connectivity index (χ1n) is 13.5. The number of fused-ring (bicyclic) bond motifs is 4. The largest absolute Gasteiger partial charge is 0.491 e. The van der Waals surface area contributed by atoms with Crippen LogP contribution in [-0.4, -0.2) is 47.3 Å². The van der Waals surface area contributed by atoms with E-state index >= 15 is 0 Å². The van der Waals surface area contributed by atoms with Crippen LogP contribution in [0.25, 0.3) is 22.0 Å². The van der Waals surface area contributed by atoms with Crippen molar-refractivity contribution in [3.05, 3.63) is 113 Å². The van der Waals surface area contributed by atoms with E-state index in [0.29, 0.717) is 44.9 Å². The molecule has 7 heteroatoms. The molecule has 0 atom stereocenters. The summed E-state index contributed by atoms with van der Waals surface area (Å²) in [5.74, 6) is 1.60. The minimum absolute atomic E-state index is 0.0300. The summed E-state index contributed by atoms with van der Waals surface area (Å²) < 4.78 is 17.5. The van der Waals surface area contributed by atoms with Gasteiger partial charge in [-0.1, -0.05) is 41.6 Å². The Hall–Kier alpha value is -4.49. The highest BCUT2D eigenvalue weighted by atomic mass is 16.5. The number of amides is 1. The molecule has 0 radical (unpaired) electrons. The molecule has 1 amide bonds. The number of nitrogens with zero attached hydrogens (tertiary/aromatic N) is 3. The quantitative estimate of drug-likeness (QED) is 0.271. The first kappa shape index (κ1) is 25.8. The van der Waals surface area contributed by atoms with Crippen molar-refractivity contribution in [1.82, 2.24) is 15.0 Å². The number of aromatic nitrogens is 2. The average Bonchev–Trinajstić information content (AvgIpc) is 3.31. The molecule has 6 rings (SSSR count). The molecule has 202 valence electrons. The van der Waals surface area contributed by atoms with E-state index in [1.165, 1.54) is 0 Å². The Morgan fingerprint density at radius 2 is 1.80 bits per heavy atom. The minimum Gasteiger partial charge on any atom is -0.491 e. The molecule has 3 heterocycles. The predicted octanol–water partition coefficient (Wildman–Crippen LogP) is 6.15. The number of rotatable bonds is 2. The van der Waals surface area contributed by atoms with Crippen molar-refractivity contribution in [3.8, 4) is 16.9 Å². The van der Waals surface area contributed by atoms with Crippen molar-refractivity contribution in [1.29, 1.82) is 0 Å². The van der Waals surface area contributed by atoms with Crippen LogP contribution in [0.15, 0.2) is 83.5 Å². The monoisotopic (exact) mass is 533 g/mol. The van der Waals surface area contributed by atoms with Crippen LogP contribution in [-0.2, 0) is 17.7 Å². The molecule has 3 aromatic carbocycles. The molecule has 0 spiro atoms. The smallest absolute Gasteiger partial charge is 0.254 e. The van der Waals surface area contributed by atoms with E-state index in [1.807, 2.05) is 55.1 Å². The molecule has 2 aromatic heterocycles. The second-order valence-corrected chi connectivity index (χ2v) is 10.1. The summed E-state index contributed by atoms with van der Waals surface area (Å²) in [4.78, 5) is 19.9. The lowest BCUT2D eigenvalue weighted by Crippen LogP contribution is -2.34. The standard InChI is InChI=1S/C33H31N3O4/c1-22-32(23(2)40-35-22)27-9-11-31-29(20-27)18-24-5-3-6-25(17-24)21-36(13-14-38-15-16-39-31)33(37)28-8-10-30-26(19-28)7-4-12-34-30/h3-12,17,19-20H,13-16,18,21H2,1-2H3. The third kappa shape index (κ3) is 5.46. The van der Waals surface area contributed by atoms with Gasteiger partial charge < -0.3 is 18.9 Å². The number of hydrogen-bond acceptors (Lipinski definition) is 6. The molecular weight excluding hydrogens is 502 g/mol. The predicted molar refractivity (Wildman–Crippen MR) is 153 cm³/mol. The van der Waals surface area contributed by atoms with Gasteiger partial charge in [0.15, 0.2) is 0 Å². The number of carbonyl (C=O) groups is 1. The molecule has 40 heavy (non-hydrogen) atoms. The Morgan fingerprint density at radius 1 is 0.900 bits per heavy atom. The average molecular weight is 534 g/mol. The first-order valence-corrected chi connectivity index (χ1v) is 13.5. The summed E-state index contributed by atoms with van der Waals surface area (Å²) in [7, 11) is 0. The van der Waals surface area contributed by atoms with Gasteiger partial charge in [0.1, 0.15) is 18.1 Å². The van der Waals surface area contributed by atoms with Crippen LogP contribution in [0.3, 0.4) is 0 Å². The van der Waals surface area contributed by atoms with Gasteiger partial charge in [0.25, 0.3) is 5.91 Å². The van der Waals surface area contributed by atoms with Crippen LogP contribution in [0.5, 0.6) is 5.75 Å². The van der Waals surface area contributed by atoms with Crippen LogP contribution < -0.4 is 4.74 Å². The fraction of sp³-hybridized carbons (Fsp3) is 0.242. The molecule has 0 fully saturated rings. The number of pyridine rings is 1.